The van der Waals surface area contributed by atoms with E-state index >= 15 is 0 Å². The molecule has 0 radical (unpaired) electrons. The molecule has 0 aliphatic heterocycles. The van der Waals surface area contributed by atoms with Crippen LogP contribution in [0.3, 0.4) is 0 Å². The molecule has 0 aliphatic carbocycles. The molecule has 0 amide bonds. The molecule has 0 fully saturated rings. The molecule has 0 atom stereocenters. The minimum absolute atomic E-state index is 0.682. The van der Waals surface area contributed by atoms with E-state index in [1.54, 1.807) is 12.4 Å². The molecule has 2 aromatic heterocycles. The summed E-state index contributed by atoms with van der Waals surface area (Å²) < 4.78 is 0. The van der Waals surface area contributed by atoms with Gasteiger partial charge in [0.05, 0.1) is 16.4 Å². The van der Waals surface area contributed by atoms with E-state index in [0.29, 0.717) is 5.02 Å². The Morgan fingerprint density at radius 2 is 1.42 bits per heavy atom. The minimum Gasteiger partial charge on any atom is -0.256 e. The van der Waals surface area contributed by atoms with Crippen molar-refractivity contribution in [2.45, 2.75) is 0 Å². The number of aromatic nitrogens is 2. The van der Waals surface area contributed by atoms with Gasteiger partial charge in [0, 0.05) is 23.5 Å². The van der Waals surface area contributed by atoms with Gasteiger partial charge in [-0.05, 0) is 30.3 Å². The summed E-state index contributed by atoms with van der Waals surface area (Å²) in [5, 5.41) is 0.682. The van der Waals surface area contributed by atoms with Gasteiger partial charge >= 0.3 is 0 Å². The summed E-state index contributed by atoms with van der Waals surface area (Å²) in [6, 6.07) is 17.5. The molecule has 0 aliphatic rings. The first-order valence-electron chi connectivity index (χ1n) is 5.97. The largest absolute Gasteiger partial charge is 0.256 e. The molecular formula is C16H11ClN2. The summed E-state index contributed by atoms with van der Waals surface area (Å²) in [6.45, 7) is 0. The van der Waals surface area contributed by atoms with E-state index in [-0.39, 0.29) is 0 Å². The van der Waals surface area contributed by atoms with Crippen LogP contribution in [0.15, 0.2) is 67.0 Å². The van der Waals surface area contributed by atoms with E-state index in [2.05, 4.69) is 9.97 Å². The average molecular weight is 267 g/mol. The zero-order chi connectivity index (χ0) is 13.1. The highest BCUT2D eigenvalue weighted by atomic mass is 35.5. The Bertz CT molecular complexity index is 682. The lowest BCUT2D eigenvalue weighted by Crippen LogP contribution is -1.86. The van der Waals surface area contributed by atoms with E-state index in [1.165, 1.54) is 0 Å². The Hall–Kier alpha value is -2.19. The molecular weight excluding hydrogens is 256 g/mol. The van der Waals surface area contributed by atoms with Gasteiger partial charge in [0.15, 0.2) is 0 Å². The Balaban J connectivity index is 2.04. The molecule has 3 rings (SSSR count). The molecule has 2 heterocycles. The fourth-order valence-corrected chi connectivity index (χ4v) is 2.22. The van der Waals surface area contributed by atoms with Crippen molar-refractivity contribution in [3.8, 4) is 22.5 Å². The van der Waals surface area contributed by atoms with Crippen LogP contribution in [-0.4, -0.2) is 9.97 Å². The van der Waals surface area contributed by atoms with E-state index in [9.17, 15) is 0 Å². The lowest BCUT2D eigenvalue weighted by atomic mass is 10.1. The lowest BCUT2D eigenvalue weighted by Gasteiger charge is -2.06. The maximum absolute atomic E-state index is 6.35. The zero-order valence-electron chi connectivity index (χ0n) is 10.1. The molecule has 0 N–H and O–H groups in total. The van der Waals surface area contributed by atoms with Crippen LogP contribution in [0.1, 0.15) is 0 Å². The molecule has 0 saturated heterocycles. The highest BCUT2D eigenvalue weighted by molar-refractivity contribution is 6.33. The van der Waals surface area contributed by atoms with Crippen molar-refractivity contribution in [1.29, 1.82) is 0 Å². The summed E-state index contributed by atoms with van der Waals surface area (Å²) in [4.78, 5) is 8.63. The second kappa shape index (κ2) is 5.21. The van der Waals surface area contributed by atoms with Crippen molar-refractivity contribution in [2.24, 2.45) is 0 Å². The first-order valence-corrected chi connectivity index (χ1v) is 6.35. The molecule has 0 spiro atoms. The highest BCUT2D eigenvalue weighted by Crippen LogP contribution is 2.30. The number of halogens is 1. The average Bonchev–Trinajstić information content (AvgIpc) is 2.49. The predicted octanol–water partition coefficient (Wildman–Crippen LogP) is 4.46. The number of benzene rings is 1. The van der Waals surface area contributed by atoms with Crippen molar-refractivity contribution >= 4 is 11.6 Å². The first kappa shape index (κ1) is 11.9. The van der Waals surface area contributed by atoms with Gasteiger partial charge in [-0.1, -0.05) is 35.9 Å². The van der Waals surface area contributed by atoms with Gasteiger partial charge < -0.3 is 0 Å². The van der Waals surface area contributed by atoms with Crippen LogP contribution in [0.5, 0.6) is 0 Å². The number of hydrogen-bond donors (Lipinski definition) is 0. The second-order valence-corrected chi connectivity index (χ2v) is 4.53. The molecule has 19 heavy (non-hydrogen) atoms. The Morgan fingerprint density at radius 3 is 2.00 bits per heavy atom. The van der Waals surface area contributed by atoms with Gasteiger partial charge in [0.2, 0.25) is 0 Å². The van der Waals surface area contributed by atoms with Crippen LogP contribution in [-0.2, 0) is 0 Å². The third-order valence-corrected chi connectivity index (χ3v) is 3.18. The van der Waals surface area contributed by atoms with E-state index in [0.717, 1.165) is 22.5 Å². The van der Waals surface area contributed by atoms with Crippen LogP contribution in [0.2, 0.25) is 5.02 Å². The number of nitrogens with zero attached hydrogens (tertiary/aromatic N) is 2. The molecule has 2 nitrogen and oxygen atoms in total. The number of hydrogen-bond acceptors (Lipinski definition) is 2. The highest BCUT2D eigenvalue weighted by Gasteiger charge is 2.06. The molecule has 92 valence electrons. The van der Waals surface area contributed by atoms with E-state index in [4.69, 9.17) is 11.6 Å². The zero-order valence-corrected chi connectivity index (χ0v) is 10.9. The molecule has 0 saturated carbocycles. The normalized spacial score (nSPS) is 10.4. The number of pyridine rings is 2. The summed E-state index contributed by atoms with van der Waals surface area (Å²) in [5.41, 5.74) is 3.73. The monoisotopic (exact) mass is 266 g/mol. The van der Waals surface area contributed by atoms with E-state index < -0.39 is 0 Å². The van der Waals surface area contributed by atoms with Crippen molar-refractivity contribution in [1.82, 2.24) is 9.97 Å². The van der Waals surface area contributed by atoms with Gasteiger partial charge in [0.1, 0.15) is 0 Å². The standard InChI is InChI=1S/C16H11ClN2/c17-14-11-12(15-5-1-3-9-18-15)7-8-13(14)16-6-2-4-10-19-16/h1-11H. The van der Waals surface area contributed by atoms with Crippen LogP contribution in [0, 0.1) is 0 Å². The van der Waals surface area contributed by atoms with Crippen LogP contribution < -0.4 is 0 Å². The molecule has 3 heteroatoms. The molecule has 3 aromatic rings. The van der Waals surface area contributed by atoms with Crippen molar-refractivity contribution < 1.29 is 0 Å². The van der Waals surface area contributed by atoms with Crippen molar-refractivity contribution in [3.05, 3.63) is 72.0 Å². The van der Waals surface area contributed by atoms with E-state index in [1.807, 2.05) is 54.6 Å². The third-order valence-electron chi connectivity index (χ3n) is 2.87. The Labute approximate surface area is 116 Å². The first-order chi connectivity index (χ1) is 9.34. The molecule has 0 unspecified atom stereocenters. The fourth-order valence-electron chi connectivity index (χ4n) is 1.94. The minimum atomic E-state index is 0.682. The predicted molar refractivity (Wildman–Crippen MR) is 77.9 cm³/mol. The summed E-state index contributed by atoms with van der Waals surface area (Å²) in [7, 11) is 0. The maximum Gasteiger partial charge on any atom is 0.0716 e. The van der Waals surface area contributed by atoms with Gasteiger partial charge in [-0.3, -0.25) is 9.97 Å². The molecule has 0 bridgehead atoms. The summed E-state index contributed by atoms with van der Waals surface area (Å²) in [6.07, 6.45) is 3.54. The lowest BCUT2D eigenvalue weighted by molar-refractivity contribution is 1.31. The van der Waals surface area contributed by atoms with Crippen LogP contribution >= 0.6 is 11.6 Å². The van der Waals surface area contributed by atoms with Gasteiger partial charge in [-0.15, -0.1) is 0 Å². The topological polar surface area (TPSA) is 25.8 Å². The smallest absolute Gasteiger partial charge is 0.0716 e. The van der Waals surface area contributed by atoms with Gasteiger partial charge in [-0.2, -0.15) is 0 Å². The quantitative estimate of drug-likeness (QED) is 0.684. The maximum atomic E-state index is 6.35. The molecule has 1 aromatic carbocycles. The van der Waals surface area contributed by atoms with Crippen molar-refractivity contribution in [2.75, 3.05) is 0 Å². The van der Waals surface area contributed by atoms with Crippen molar-refractivity contribution in [3.63, 3.8) is 0 Å². The summed E-state index contributed by atoms with van der Waals surface area (Å²) >= 11 is 6.35. The van der Waals surface area contributed by atoms with Gasteiger partial charge in [0.25, 0.3) is 0 Å². The number of rotatable bonds is 2. The summed E-state index contributed by atoms with van der Waals surface area (Å²) in [5.74, 6) is 0. The fraction of sp³-hybridized carbons (Fsp3) is 0. The Morgan fingerprint density at radius 1 is 0.737 bits per heavy atom. The van der Waals surface area contributed by atoms with Gasteiger partial charge in [-0.25, -0.2) is 0 Å². The van der Waals surface area contributed by atoms with Crippen LogP contribution in [0.25, 0.3) is 22.5 Å². The van der Waals surface area contributed by atoms with Crippen LogP contribution in [0.4, 0.5) is 0 Å². The third kappa shape index (κ3) is 2.49. The SMILES string of the molecule is Clc1cc(-c2ccccn2)ccc1-c1ccccn1. The Kier molecular flexibility index (Phi) is 3.25. The second-order valence-electron chi connectivity index (χ2n) is 4.12.